The normalized spacial score (nSPS) is 15.3. The Kier molecular flexibility index (Phi) is 8.56. The Balaban J connectivity index is 1.51. The predicted octanol–water partition coefficient (Wildman–Crippen LogP) is 5.12. The topological polar surface area (TPSA) is 71.1 Å². The van der Waals surface area contributed by atoms with Crippen molar-refractivity contribution in [2.45, 2.75) is 32.7 Å². The Morgan fingerprint density at radius 2 is 1.64 bits per heavy atom. The molecule has 0 bridgehead atoms. The number of carbonyl (C=O) groups excluding carboxylic acids is 2. The number of ether oxygens (including phenoxy) is 2. The van der Waals surface area contributed by atoms with Crippen molar-refractivity contribution in [1.29, 1.82) is 0 Å². The molecule has 36 heavy (non-hydrogen) atoms. The lowest BCUT2D eigenvalue weighted by Gasteiger charge is -2.23. The maximum atomic E-state index is 13.6. The molecule has 1 N–H and O–H groups in total. The summed E-state index contributed by atoms with van der Waals surface area (Å²) in [5, 5.41) is 5.32. The molecule has 0 radical (unpaired) electrons. The van der Waals surface area contributed by atoms with Gasteiger partial charge in [0.05, 0.1) is 25.3 Å². The highest BCUT2D eigenvalue weighted by molar-refractivity contribution is 7.80. The van der Waals surface area contributed by atoms with Crippen molar-refractivity contribution in [2.24, 2.45) is 0 Å². The quantitative estimate of drug-likeness (QED) is 0.352. The number of thiophene rings is 1. The molecule has 188 valence electrons. The van der Waals surface area contributed by atoms with E-state index in [9.17, 15) is 9.59 Å². The summed E-state index contributed by atoms with van der Waals surface area (Å²) in [6.45, 7) is 5.50. The number of nitrogens with zero attached hydrogens (tertiary/aromatic N) is 2. The van der Waals surface area contributed by atoms with E-state index >= 15 is 0 Å². The van der Waals surface area contributed by atoms with Gasteiger partial charge in [0, 0.05) is 17.1 Å². The predicted molar refractivity (Wildman–Crippen MR) is 147 cm³/mol. The van der Waals surface area contributed by atoms with Crippen LogP contribution in [0, 0.1) is 0 Å². The highest BCUT2D eigenvalue weighted by Crippen LogP contribution is 2.29. The molecule has 0 spiro atoms. The largest absolute Gasteiger partial charge is 0.494 e. The molecule has 1 saturated heterocycles. The third-order valence-electron chi connectivity index (χ3n) is 5.73. The summed E-state index contributed by atoms with van der Waals surface area (Å²) < 4.78 is 11.0. The molecule has 0 aliphatic carbocycles. The van der Waals surface area contributed by atoms with E-state index in [1.165, 1.54) is 9.78 Å². The molecule has 2 heterocycles. The molecule has 1 aliphatic rings. The lowest BCUT2D eigenvalue weighted by atomic mass is 10.1. The van der Waals surface area contributed by atoms with Crippen LogP contribution in [0.3, 0.4) is 0 Å². The van der Waals surface area contributed by atoms with Gasteiger partial charge in [0.25, 0.3) is 5.91 Å². The maximum Gasteiger partial charge on any atom is 0.256 e. The molecule has 9 heteroatoms. The van der Waals surface area contributed by atoms with Crippen LogP contribution >= 0.6 is 23.6 Å². The van der Waals surface area contributed by atoms with E-state index in [1.807, 2.05) is 54.5 Å². The number of rotatable bonds is 11. The lowest BCUT2D eigenvalue weighted by molar-refractivity contribution is -0.124. The third-order valence-corrected chi connectivity index (χ3v) is 7.08. The molecule has 1 aliphatic heterocycles. The number of hydrogen-bond donors (Lipinski definition) is 1. The molecular weight excluding hydrogens is 494 g/mol. The molecule has 3 aromatic rings. The molecule has 2 amide bonds. The van der Waals surface area contributed by atoms with Crippen LogP contribution in [0.15, 0.2) is 66.0 Å². The van der Waals surface area contributed by atoms with Gasteiger partial charge in [-0.25, -0.2) is 0 Å². The Morgan fingerprint density at radius 3 is 2.22 bits per heavy atom. The molecule has 4 rings (SSSR count). The molecule has 1 atom stereocenters. The monoisotopic (exact) mass is 523 g/mol. The minimum atomic E-state index is -0.688. The van der Waals surface area contributed by atoms with Crippen LogP contribution in [0.25, 0.3) is 0 Å². The summed E-state index contributed by atoms with van der Waals surface area (Å²) in [6.07, 6.45) is 0.726. The molecular formula is C27H29N3O4S2. The summed E-state index contributed by atoms with van der Waals surface area (Å²) >= 11 is 7.42. The van der Waals surface area contributed by atoms with E-state index in [4.69, 9.17) is 21.7 Å². The van der Waals surface area contributed by atoms with Gasteiger partial charge in [-0.2, -0.15) is 0 Å². The summed E-state index contributed by atoms with van der Waals surface area (Å²) in [6, 6.07) is 17.8. The van der Waals surface area contributed by atoms with Crippen molar-refractivity contribution < 1.29 is 19.1 Å². The Bertz CT molecular complexity index is 1180. The zero-order valence-electron chi connectivity index (χ0n) is 20.3. The smallest absolute Gasteiger partial charge is 0.256 e. The zero-order chi connectivity index (χ0) is 25.5. The zero-order valence-corrected chi connectivity index (χ0v) is 21.9. The molecule has 7 nitrogen and oxygen atoms in total. The number of anilines is 2. The minimum Gasteiger partial charge on any atom is -0.494 e. The van der Waals surface area contributed by atoms with Crippen LogP contribution in [-0.2, 0) is 16.0 Å². The first-order valence-electron chi connectivity index (χ1n) is 11.9. The average molecular weight is 524 g/mol. The van der Waals surface area contributed by atoms with Gasteiger partial charge in [-0.15, -0.1) is 11.3 Å². The standard InChI is InChI=1S/C27H29N3O4S2/c1-3-33-21-11-7-19(8-12-21)28-25(31)18-24-26(32)30(20-9-13-22(14-10-20)34-4-2)27(35)29(24)16-15-23-6-5-17-36-23/h5-14,17,24H,3-4,15-16,18H2,1-2H3,(H,28,31). The van der Waals surface area contributed by atoms with Crippen molar-refractivity contribution in [1.82, 2.24) is 4.90 Å². The van der Waals surface area contributed by atoms with Gasteiger partial charge in [-0.1, -0.05) is 6.07 Å². The fourth-order valence-electron chi connectivity index (χ4n) is 4.06. The SMILES string of the molecule is CCOc1ccc(NC(=O)CC2C(=O)N(c3ccc(OCC)cc3)C(=S)N2CCc2cccs2)cc1. The fourth-order valence-corrected chi connectivity index (χ4v) is 5.17. The van der Waals surface area contributed by atoms with Crippen LogP contribution in [0.2, 0.25) is 0 Å². The first-order valence-corrected chi connectivity index (χ1v) is 13.2. The van der Waals surface area contributed by atoms with Gasteiger partial charge < -0.3 is 19.7 Å². The van der Waals surface area contributed by atoms with Gasteiger partial charge >= 0.3 is 0 Å². The first kappa shape index (κ1) is 25.7. The highest BCUT2D eigenvalue weighted by atomic mass is 32.1. The van der Waals surface area contributed by atoms with Crippen LogP contribution in [0.1, 0.15) is 25.1 Å². The van der Waals surface area contributed by atoms with E-state index in [0.717, 1.165) is 17.9 Å². The van der Waals surface area contributed by atoms with E-state index in [1.54, 1.807) is 35.6 Å². The number of nitrogens with one attached hydrogen (secondary N) is 1. The molecule has 2 aromatic carbocycles. The number of amides is 2. The summed E-state index contributed by atoms with van der Waals surface area (Å²) in [5.74, 6) is 0.990. The second-order valence-electron chi connectivity index (χ2n) is 8.13. The van der Waals surface area contributed by atoms with Crippen molar-refractivity contribution in [3.63, 3.8) is 0 Å². The van der Waals surface area contributed by atoms with E-state index in [0.29, 0.717) is 36.2 Å². The second-order valence-corrected chi connectivity index (χ2v) is 9.53. The number of benzene rings is 2. The molecule has 1 unspecified atom stereocenters. The van der Waals surface area contributed by atoms with Gasteiger partial charge in [0.15, 0.2) is 5.11 Å². The molecule has 0 saturated carbocycles. The van der Waals surface area contributed by atoms with E-state index in [-0.39, 0.29) is 18.2 Å². The van der Waals surface area contributed by atoms with Crippen LogP contribution in [-0.4, -0.2) is 47.6 Å². The average Bonchev–Trinajstić information content (AvgIpc) is 3.47. The maximum absolute atomic E-state index is 13.6. The second kappa shape index (κ2) is 12.0. The van der Waals surface area contributed by atoms with Crippen molar-refractivity contribution in [3.05, 3.63) is 70.9 Å². The van der Waals surface area contributed by atoms with Crippen LogP contribution < -0.4 is 19.7 Å². The molecule has 1 aromatic heterocycles. The third kappa shape index (κ3) is 6.03. The Hall–Kier alpha value is -3.43. The van der Waals surface area contributed by atoms with Gasteiger partial charge in [0.1, 0.15) is 17.5 Å². The van der Waals surface area contributed by atoms with Crippen molar-refractivity contribution >= 4 is 51.9 Å². The van der Waals surface area contributed by atoms with Gasteiger partial charge in [0.2, 0.25) is 5.91 Å². The van der Waals surface area contributed by atoms with Crippen LogP contribution in [0.5, 0.6) is 11.5 Å². The summed E-state index contributed by atoms with van der Waals surface area (Å²) in [5.41, 5.74) is 1.30. The summed E-state index contributed by atoms with van der Waals surface area (Å²) in [4.78, 5) is 31.1. The van der Waals surface area contributed by atoms with Crippen molar-refractivity contribution in [2.75, 3.05) is 30.0 Å². The molecule has 1 fully saturated rings. The Labute approximate surface area is 220 Å². The highest BCUT2D eigenvalue weighted by Gasteiger charge is 2.43. The first-order chi connectivity index (χ1) is 17.5. The number of carbonyl (C=O) groups is 2. The Morgan fingerprint density at radius 1 is 1.00 bits per heavy atom. The van der Waals surface area contributed by atoms with Crippen molar-refractivity contribution in [3.8, 4) is 11.5 Å². The van der Waals surface area contributed by atoms with Gasteiger partial charge in [-0.05, 0) is 92.5 Å². The van der Waals surface area contributed by atoms with E-state index in [2.05, 4.69) is 11.4 Å². The lowest BCUT2D eigenvalue weighted by Crippen LogP contribution is -2.39. The number of hydrogen-bond acceptors (Lipinski definition) is 6. The van der Waals surface area contributed by atoms with E-state index < -0.39 is 6.04 Å². The van der Waals surface area contributed by atoms with Crippen LogP contribution in [0.4, 0.5) is 11.4 Å². The summed E-state index contributed by atoms with van der Waals surface area (Å²) in [7, 11) is 0. The number of thiocarbonyl (C=S) groups is 1. The fraction of sp³-hybridized carbons (Fsp3) is 0.296. The van der Waals surface area contributed by atoms with Gasteiger partial charge in [-0.3, -0.25) is 14.5 Å². The minimum absolute atomic E-state index is 0.00977.